The van der Waals surface area contributed by atoms with Gasteiger partial charge in [-0.15, -0.1) is 0 Å². The summed E-state index contributed by atoms with van der Waals surface area (Å²) in [7, 11) is 0. The fraction of sp³-hybridized carbons (Fsp3) is 0.200. The predicted octanol–water partition coefficient (Wildman–Crippen LogP) is 1.25. The molecular formula is C10H10N4. The number of para-hydroxylation sites is 1. The molecule has 0 amide bonds. The highest BCUT2D eigenvalue weighted by Gasteiger charge is 2.12. The second kappa shape index (κ2) is 2.83. The maximum Gasteiger partial charge on any atom is 0.146 e. The molecule has 2 heterocycles. The van der Waals surface area contributed by atoms with Gasteiger partial charge in [-0.3, -0.25) is 0 Å². The minimum Gasteiger partial charge on any atom is -0.377 e. The molecule has 1 N–H and O–H groups in total. The lowest BCUT2D eigenvalue weighted by atomic mass is 10.2. The van der Waals surface area contributed by atoms with E-state index in [2.05, 4.69) is 27.5 Å². The van der Waals surface area contributed by atoms with Crippen LogP contribution in [0.5, 0.6) is 0 Å². The normalized spacial score (nSPS) is 13.7. The van der Waals surface area contributed by atoms with Crippen LogP contribution in [0.2, 0.25) is 0 Å². The van der Waals surface area contributed by atoms with Gasteiger partial charge in [0.15, 0.2) is 0 Å². The van der Waals surface area contributed by atoms with Gasteiger partial charge in [-0.05, 0) is 11.6 Å². The van der Waals surface area contributed by atoms with Crippen molar-refractivity contribution in [2.24, 2.45) is 0 Å². The van der Waals surface area contributed by atoms with E-state index in [9.17, 15) is 0 Å². The molecule has 1 aromatic heterocycles. The van der Waals surface area contributed by atoms with Crippen LogP contribution in [0.4, 0.5) is 5.69 Å². The van der Waals surface area contributed by atoms with Crippen LogP contribution < -0.4 is 5.32 Å². The van der Waals surface area contributed by atoms with Crippen molar-refractivity contribution in [1.29, 1.82) is 0 Å². The van der Waals surface area contributed by atoms with Gasteiger partial charge in [0.2, 0.25) is 0 Å². The number of anilines is 1. The number of fused-ring (bicyclic) bond motifs is 2. The van der Waals surface area contributed by atoms with Gasteiger partial charge >= 0.3 is 0 Å². The van der Waals surface area contributed by atoms with E-state index in [0.29, 0.717) is 0 Å². The first-order chi connectivity index (χ1) is 6.93. The molecule has 0 radical (unpaired) electrons. The van der Waals surface area contributed by atoms with Crippen LogP contribution in [-0.4, -0.2) is 14.8 Å². The summed E-state index contributed by atoms with van der Waals surface area (Å²) in [6.45, 7) is 1.55. The first kappa shape index (κ1) is 7.55. The molecule has 0 saturated carbocycles. The Hall–Kier alpha value is -1.84. The summed E-state index contributed by atoms with van der Waals surface area (Å²) in [6.07, 6.45) is 1.60. The lowest BCUT2D eigenvalue weighted by molar-refractivity contribution is 0.657. The average Bonchev–Trinajstić information content (AvgIpc) is 2.58. The van der Waals surface area contributed by atoms with E-state index in [1.807, 2.05) is 16.8 Å². The maximum atomic E-state index is 4.19. The van der Waals surface area contributed by atoms with Crippen molar-refractivity contribution >= 4 is 5.69 Å². The second-order valence-electron chi connectivity index (χ2n) is 3.34. The van der Waals surface area contributed by atoms with Crippen molar-refractivity contribution in [3.63, 3.8) is 0 Å². The number of aromatic nitrogens is 3. The van der Waals surface area contributed by atoms with Gasteiger partial charge in [0.05, 0.1) is 13.1 Å². The minimum absolute atomic E-state index is 0.747. The van der Waals surface area contributed by atoms with E-state index in [1.54, 1.807) is 6.33 Å². The molecule has 1 aromatic carbocycles. The number of rotatable bonds is 0. The van der Waals surface area contributed by atoms with Crippen molar-refractivity contribution in [2.75, 3.05) is 5.32 Å². The van der Waals surface area contributed by atoms with Gasteiger partial charge in [0.1, 0.15) is 12.2 Å². The smallest absolute Gasteiger partial charge is 0.146 e. The molecule has 1 aliphatic heterocycles. The molecule has 4 nitrogen and oxygen atoms in total. The molecule has 2 aromatic rings. The number of nitrogens with one attached hydrogen (secondary N) is 1. The summed E-state index contributed by atoms with van der Waals surface area (Å²) in [5.41, 5.74) is 2.44. The quantitative estimate of drug-likeness (QED) is 0.673. The molecular weight excluding hydrogens is 176 g/mol. The van der Waals surface area contributed by atoms with Gasteiger partial charge in [-0.1, -0.05) is 18.2 Å². The molecule has 0 bridgehead atoms. The molecule has 0 spiro atoms. The monoisotopic (exact) mass is 186 g/mol. The van der Waals surface area contributed by atoms with E-state index in [1.165, 1.54) is 11.3 Å². The van der Waals surface area contributed by atoms with E-state index < -0.39 is 0 Å². The van der Waals surface area contributed by atoms with Gasteiger partial charge in [-0.25, -0.2) is 9.67 Å². The van der Waals surface area contributed by atoms with Crippen molar-refractivity contribution in [3.05, 3.63) is 42.0 Å². The first-order valence-corrected chi connectivity index (χ1v) is 4.62. The van der Waals surface area contributed by atoms with Crippen molar-refractivity contribution < 1.29 is 0 Å². The van der Waals surface area contributed by atoms with Gasteiger partial charge in [-0.2, -0.15) is 5.10 Å². The lowest BCUT2D eigenvalue weighted by Crippen LogP contribution is -2.05. The zero-order valence-electron chi connectivity index (χ0n) is 7.64. The predicted molar refractivity (Wildman–Crippen MR) is 52.9 cm³/mol. The Balaban J connectivity index is 2.10. The summed E-state index contributed by atoms with van der Waals surface area (Å²) < 4.78 is 1.93. The number of hydrogen-bond donors (Lipinski definition) is 1. The van der Waals surface area contributed by atoms with E-state index in [0.717, 1.165) is 18.9 Å². The van der Waals surface area contributed by atoms with Crippen LogP contribution in [0, 0.1) is 0 Å². The Kier molecular flexibility index (Phi) is 1.53. The molecule has 0 fully saturated rings. The lowest BCUT2D eigenvalue weighted by Gasteiger charge is -2.04. The van der Waals surface area contributed by atoms with Crippen LogP contribution in [0.15, 0.2) is 30.6 Å². The Morgan fingerprint density at radius 2 is 2.21 bits per heavy atom. The minimum atomic E-state index is 0.747. The Morgan fingerprint density at radius 3 is 3.21 bits per heavy atom. The second-order valence-corrected chi connectivity index (χ2v) is 3.34. The SMILES string of the molecule is c1ccc2c(c1)Cn1ncnc1CN2. The molecule has 4 heteroatoms. The molecule has 14 heavy (non-hydrogen) atoms. The number of hydrogen-bond acceptors (Lipinski definition) is 3. The Labute approximate surface area is 81.6 Å². The van der Waals surface area contributed by atoms with Gasteiger partial charge in [0, 0.05) is 5.69 Å². The van der Waals surface area contributed by atoms with E-state index in [4.69, 9.17) is 0 Å². The highest BCUT2D eigenvalue weighted by molar-refractivity contribution is 5.51. The molecule has 0 atom stereocenters. The van der Waals surface area contributed by atoms with Crippen LogP contribution in [0.25, 0.3) is 0 Å². The van der Waals surface area contributed by atoms with Crippen molar-refractivity contribution in [1.82, 2.24) is 14.8 Å². The topological polar surface area (TPSA) is 42.7 Å². The number of benzene rings is 1. The summed E-state index contributed by atoms with van der Waals surface area (Å²) in [5.74, 6) is 0.987. The summed E-state index contributed by atoms with van der Waals surface area (Å²) in [4.78, 5) is 4.19. The average molecular weight is 186 g/mol. The fourth-order valence-electron chi connectivity index (χ4n) is 1.72. The van der Waals surface area contributed by atoms with Gasteiger partial charge < -0.3 is 5.32 Å². The van der Waals surface area contributed by atoms with E-state index in [-0.39, 0.29) is 0 Å². The van der Waals surface area contributed by atoms with Crippen molar-refractivity contribution in [2.45, 2.75) is 13.1 Å². The third-order valence-corrected chi connectivity index (χ3v) is 2.47. The van der Waals surface area contributed by atoms with Gasteiger partial charge in [0.25, 0.3) is 0 Å². The van der Waals surface area contributed by atoms with Crippen molar-refractivity contribution in [3.8, 4) is 0 Å². The molecule has 1 aliphatic rings. The summed E-state index contributed by atoms with van der Waals surface area (Å²) in [6, 6.07) is 8.27. The molecule has 70 valence electrons. The van der Waals surface area contributed by atoms with E-state index >= 15 is 0 Å². The third-order valence-electron chi connectivity index (χ3n) is 2.47. The molecule has 0 saturated heterocycles. The Morgan fingerprint density at radius 1 is 1.29 bits per heavy atom. The molecule has 0 aliphatic carbocycles. The largest absolute Gasteiger partial charge is 0.377 e. The first-order valence-electron chi connectivity index (χ1n) is 4.62. The third kappa shape index (κ3) is 1.08. The van der Waals surface area contributed by atoms with Crippen LogP contribution >= 0.6 is 0 Å². The Bertz CT molecular complexity index is 461. The van der Waals surface area contributed by atoms with Crippen LogP contribution in [0.1, 0.15) is 11.4 Å². The maximum absolute atomic E-state index is 4.19. The zero-order valence-corrected chi connectivity index (χ0v) is 7.64. The number of nitrogens with zero attached hydrogens (tertiary/aromatic N) is 3. The fourth-order valence-corrected chi connectivity index (χ4v) is 1.72. The summed E-state index contributed by atoms with van der Waals surface area (Å²) in [5, 5.41) is 7.53. The highest BCUT2D eigenvalue weighted by atomic mass is 15.3. The zero-order chi connectivity index (χ0) is 9.38. The van der Waals surface area contributed by atoms with Crippen LogP contribution in [0.3, 0.4) is 0 Å². The standard InChI is InChI=1S/C10H10N4/c1-2-4-9-8(3-1)6-14-10(5-11-9)12-7-13-14/h1-4,7,11H,5-6H2. The molecule has 0 unspecified atom stereocenters. The molecule has 3 rings (SSSR count). The highest BCUT2D eigenvalue weighted by Crippen LogP contribution is 2.19. The summed E-state index contributed by atoms with van der Waals surface area (Å²) >= 11 is 0. The van der Waals surface area contributed by atoms with Crippen LogP contribution in [-0.2, 0) is 13.1 Å².